The number of hydrogen-bond donors (Lipinski definition) is 0. The molecule has 2 fully saturated rings. The quantitative estimate of drug-likeness (QED) is 0.187. The fraction of sp³-hybridized carbons (Fsp3) is 0.618. The Bertz CT molecular complexity index is 1230. The molecule has 2 saturated heterocycles. The van der Waals surface area contributed by atoms with Gasteiger partial charge in [0.15, 0.2) is 0 Å². The van der Waals surface area contributed by atoms with Crippen LogP contribution >= 0.6 is 38.5 Å². The lowest BCUT2D eigenvalue weighted by Crippen LogP contribution is -2.39. The lowest BCUT2D eigenvalue weighted by molar-refractivity contribution is -0.156. The number of piperidine rings is 2. The number of hydrogen-bond acceptors (Lipinski definition) is 6. The second kappa shape index (κ2) is 15.1. The van der Waals surface area contributed by atoms with E-state index in [4.69, 9.17) is 9.72 Å². The van der Waals surface area contributed by atoms with Crippen molar-refractivity contribution in [3.63, 3.8) is 0 Å². The molecule has 1 aromatic heterocycles. The van der Waals surface area contributed by atoms with Gasteiger partial charge in [-0.2, -0.15) is 0 Å². The van der Waals surface area contributed by atoms with Crippen molar-refractivity contribution in [1.82, 2.24) is 14.8 Å². The van der Waals surface area contributed by atoms with Gasteiger partial charge in [0, 0.05) is 26.6 Å². The fourth-order valence-electron chi connectivity index (χ4n) is 6.65. The molecule has 5 rings (SSSR count). The maximum Gasteiger partial charge on any atom is 0.320 e. The van der Waals surface area contributed by atoms with Crippen molar-refractivity contribution >= 4 is 50.8 Å². The van der Waals surface area contributed by atoms with Crippen LogP contribution < -0.4 is 0 Å². The smallest absolute Gasteiger partial charge is 0.320 e. The summed E-state index contributed by atoms with van der Waals surface area (Å²) < 4.78 is 7.81. The summed E-state index contributed by atoms with van der Waals surface area (Å²) in [5.41, 5.74) is 6.75. The third-order valence-corrected chi connectivity index (χ3v) is 9.99. The average Bonchev–Trinajstić information content (AvgIpc) is 3.06. The molecule has 1 unspecified atom stereocenters. The van der Waals surface area contributed by atoms with Gasteiger partial charge < -0.3 is 14.4 Å². The molecular formula is C34H47BrIN3O3. The number of carbonyl (C=O) groups excluding carboxylic acids is 2. The van der Waals surface area contributed by atoms with Gasteiger partial charge in [-0.05, 0) is 168 Å². The number of fused-ring (bicyclic) bond motifs is 2. The third-order valence-electron chi connectivity index (χ3n) is 8.74. The molecule has 6 nitrogen and oxygen atoms in total. The van der Waals surface area contributed by atoms with Gasteiger partial charge >= 0.3 is 5.97 Å². The van der Waals surface area contributed by atoms with Crippen molar-refractivity contribution < 1.29 is 14.3 Å². The second-order valence-electron chi connectivity index (χ2n) is 13.3. The SMILES string of the molecule is CC(C)(C)OC(=O)CN1CCC(CC=O)CC1.Cc1cc(Br)c2c(c1)CCc1cc(I)cnc1C2C1CCN(C)CC1. The molecule has 42 heavy (non-hydrogen) atoms. The topological polar surface area (TPSA) is 62.7 Å². The van der Waals surface area contributed by atoms with Gasteiger partial charge in [-0.3, -0.25) is 14.7 Å². The molecule has 2 aliphatic heterocycles. The van der Waals surface area contributed by atoms with E-state index in [1.54, 1.807) is 0 Å². The Hall–Kier alpha value is -1.36. The first kappa shape index (κ1) is 33.5. The Labute approximate surface area is 274 Å². The van der Waals surface area contributed by atoms with Crippen molar-refractivity contribution in [2.75, 3.05) is 39.8 Å². The number of rotatable bonds is 5. The Morgan fingerprint density at radius 3 is 2.38 bits per heavy atom. The molecule has 1 aromatic carbocycles. The molecule has 2 aromatic rings. The van der Waals surface area contributed by atoms with Crippen LogP contribution in [0.25, 0.3) is 0 Å². The normalized spacial score (nSPS) is 20.5. The highest BCUT2D eigenvalue weighted by Crippen LogP contribution is 2.45. The predicted molar refractivity (Wildman–Crippen MR) is 181 cm³/mol. The molecule has 8 heteroatoms. The van der Waals surface area contributed by atoms with E-state index >= 15 is 0 Å². The number of likely N-dealkylation sites (tertiary alicyclic amines) is 2. The van der Waals surface area contributed by atoms with Crippen LogP contribution in [0.2, 0.25) is 0 Å². The molecule has 0 amide bonds. The van der Waals surface area contributed by atoms with Crippen LogP contribution in [0.1, 0.15) is 86.7 Å². The molecule has 0 saturated carbocycles. The van der Waals surface area contributed by atoms with Crippen LogP contribution in [0.5, 0.6) is 0 Å². The Kier molecular flexibility index (Phi) is 12.0. The molecule has 0 N–H and O–H groups in total. The van der Waals surface area contributed by atoms with Crippen molar-refractivity contribution in [2.24, 2.45) is 11.8 Å². The number of benzene rings is 1. The zero-order valence-electron chi connectivity index (χ0n) is 25.9. The van der Waals surface area contributed by atoms with Crippen molar-refractivity contribution in [3.05, 3.63) is 60.4 Å². The lowest BCUT2D eigenvalue weighted by Gasteiger charge is -2.35. The van der Waals surface area contributed by atoms with Crippen LogP contribution in [0.3, 0.4) is 0 Å². The molecule has 230 valence electrons. The van der Waals surface area contributed by atoms with Gasteiger partial charge in [0.2, 0.25) is 0 Å². The molecule has 3 heterocycles. The minimum Gasteiger partial charge on any atom is -0.459 e. The highest BCUT2D eigenvalue weighted by atomic mass is 127. The highest BCUT2D eigenvalue weighted by Gasteiger charge is 2.35. The van der Waals surface area contributed by atoms with Crippen molar-refractivity contribution in [1.29, 1.82) is 0 Å². The molecule has 0 radical (unpaired) electrons. The monoisotopic (exact) mass is 751 g/mol. The number of carbonyl (C=O) groups is 2. The Morgan fingerprint density at radius 2 is 1.74 bits per heavy atom. The summed E-state index contributed by atoms with van der Waals surface area (Å²) in [6, 6.07) is 7.05. The summed E-state index contributed by atoms with van der Waals surface area (Å²) >= 11 is 6.31. The lowest BCUT2D eigenvalue weighted by atomic mass is 9.76. The van der Waals surface area contributed by atoms with Crippen LogP contribution in [-0.4, -0.2) is 72.4 Å². The van der Waals surface area contributed by atoms with Gasteiger partial charge in [0.05, 0.1) is 12.2 Å². The number of aryl methyl sites for hydroxylation is 3. The van der Waals surface area contributed by atoms with Crippen molar-refractivity contribution in [2.45, 2.75) is 84.2 Å². The summed E-state index contributed by atoms with van der Waals surface area (Å²) in [5, 5.41) is 0. The van der Waals surface area contributed by atoms with Gasteiger partial charge in [-0.1, -0.05) is 22.0 Å². The van der Waals surface area contributed by atoms with E-state index < -0.39 is 5.60 Å². The average molecular weight is 753 g/mol. The first-order valence-electron chi connectivity index (χ1n) is 15.4. The van der Waals surface area contributed by atoms with E-state index in [9.17, 15) is 9.59 Å². The molecular weight excluding hydrogens is 705 g/mol. The van der Waals surface area contributed by atoms with Crippen LogP contribution in [0, 0.1) is 22.3 Å². The first-order valence-corrected chi connectivity index (χ1v) is 17.3. The largest absolute Gasteiger partial charge is 0.459 e. The summed E-state index contributed by atoms with van der Waals surface area (Å²) in [5.74, 6) is 1.44. The minimum absolute atomic E-state index is 0.161. The molecule has 0 spiro atoms. The number of pyridine rings is 1. The Morgan fingerprint density at radius 1 is 1.07 bits per heavy atom. The van der Waals surface area contributed by atoms with E-state index in [1.165, 1.54) is 61.9 Å². The van der Waals surface area contributed by atoms with Gasteiger partial charge in [0.25, 0.3) is 0 Å². The first-order chi connectivity index (χ1) is 19.9. The zero-order valence-corrected chi connectivity index (χ0v) is 29.7. The summed E-state index contributed by atoms with van der Waals surface area (Å²) in [6.45, 7) is 12.4. The maximum atomic E-state index is 11.6. The maximum absolute atomic E-state index is 11.6. The molecule has 3 aliphatic rings. The highest BCUT2D eigenvalue weighted by molar-refractivity contribution is 14.1. The molecule has 1 aliphatic carbocycles. The number of nitrogens with zero attached hydrogens (tertiary/aromatic N) is 3. The summed E-state index contributed by atoms with van der Waals surface area (Å²) in [6.07, 6.45) is 10.4. The van der Waals surface area contributed by atoms with Crippen molar-refractivity contribution in [3.8, 4) is 0 Å². The number of aromatic nitrogens is 1. The van der Waals surface area contributed by atoms with E-state index in [2.05, 4.69) is 86.7 Å². The molecule has 1 atom stereocenters. The third kappa shape index (κ3) is 9.32. The molecule has 0 bridgehead atoms. The van der Waals surface area contributed by atoms with E-state index in [0.29, 0.717) is 30.7 Å². The minimum atomic E-state index is -0.410. The van der Waals surface area contributed by atoms with Gasteiger partial charge in [0.1, 0.15) is 11.9 Å². The number of halogens is 2. The second-order valence-corrected chi connectivity index (χ2v) is 15.4. The van der Waals surface area contributed by atoms with Gasteiger partial charge in [-0.25, -0.2) is 0 Å². The van der Waals surface area contributed by atoms with E-state index in [1.807, 2.05) is 20.8 Å². The van der Waals surface area contributed by atoms with Crippen LogP contribution in [-0.2, 0) is 27.2 Å². The summed E-state index contributed by atoms with van der Waals surface area (Å²) in [7, 11) is 2.24. The number of esters is 1. The van der Waals surface area contributed by atoms with Crippen LogP contribution in [0.4, 0.5) is 0 Å². The van der Waals surface area contributed by atoms with Gasteiger partial charge in [-0.15, -0.1) is 0 Å². The van der Waals surface area contributed by atoms with E-state index in [-0.39, 0.29) is 5.97 Å². The van der Waals surface area contributed by atoms with E-state index in [0.717, 1.165) is 45.1 Å². The zero-order chi connectivity index (χ0) is 30.4. The fourth-order valence-corrected chi connectivity index (χ4v) is 8.03. The Balaban J connectivity index is 0.000000209. The summed E-state index contributed by atoms with van der Waals surface area (Å²) in [4.78, 5) is 31.6. The standard InChI is InChI=1S/C21H24BrIN2.C13H23NO3/c1-13-9-15-3-4-16-11-17(23)12-24-21(16)20(19(15)18(22)10-13)14-5-7-25(2)8-6-14;1-13(2,3)17-12(16)10-14-7-4-11(5-8-14)6-9-15/h9-12,14,20H,3-8H2,1-2H3;9,11H,4-8,10H2,1-3H3. The number of ether oxygens (including phenoxy) is 1. The number of aldehydes is 1. The van der Waals surface area contributed by atoms with Crippen LogP contribution in [0.15, 0.2) is 28.9 Å². The predicted octanol–water partition coefficient (Wildman–Crippen LogP) is 6.96.